The van der Waals surface area contributed by atoms with Crippen molar-refractivity contribution in [2.24, 2.45) is 0 Å². The molecule has 8 nitrogen and oxygen atoms in total. The second-order valence-electron chi connectivity index (χ2n) is 7.61. The maximum atomic E-state index is 12.3. The van der Waals surface area contributed by atoms with E-state index in [1.165, 1.54) is 35.6 Å². The van der Waals surface area contributed by atoms with Gasteiger partial charge in [0.15, 0.2) is 0 Å². The third-order valence-corrected chi connectivity index (χ3v) is 5.80. The van der Waals surface area contributed by atoms with Crippen LogP contribution in [0.1, 0.15) is 21.8 Å². The molecule has 0 saturated heterocycles. The lowest BCUT2D eigenvalue weighted by atomic mass is 10.2. The number of aromatic nitrogens is 4. The van der Waals surface area contributed by atoms with Crippen LogP contribution in [-0.2, 0) is 24.5 Å². The Morgan fingerprint density at radius 3 is 2.57 bits per heavy atom. The number of halogens is 3. The Morgan fingerprint density at radius 2 is 1.84 bits per heavy atom. The maximum Gasteiger partial charge on any atom is 0.573 e. The molecular formula is C25H23F3N4O4S. The van der Waals surface area contributed by atoms with E-state index in [-0.39, 0.29) is 12.4 Å². The third-order valence-electron chi connectivity index (χ3n) is 4.94. The summed E-state index contributed by atoms with van der Waals surface area (Å²) in [6, 6.07) is 11.1. The van der Waals surface area contributed by atoms with Crippen molar-refractivity contribution in [3.05, 3.63) is 82.1 Å². The summed E-state index contributed by atoms with van der Waals surface area (Å²) in [4.78, 5) is 4.51. The molecule has 0 N–H and O–H groups in total. The first-order chi connectivity index (χ1) is 17.9. The summed E-state index contributed by atoms with van der Waals surface area (Å²) in [6.07, 6.45) is 2.23. The normalized spacial score (nSPS) is 11.7. The first-order valence-electron chi connectivity index (χ1n) is 11.1. The maximum absolute atomic E-state index is 12.3. The number of benzene rings is 2. The Morgan fingerprint density at radius 1 is 1.03 bits per heavy atom. The van der Waals surface area contributed by atoms with Crippen LogP contribution >= 0.6 is 11.3 Å². The van der Waals surface area contributed by atoms with Crippen LogP contribution in [0.3, 0.4) is 0 Å². The molecule has 0 saturated carbocycles. The number of ether oxygens (including phenoxy) is 4. The zero-order chi connectivity index (χ0) is 26.1. The Bertz CT molecular complexity index is 1290. The van der Waals surface area contributed by atoms with Crippen molar-refractivity contribution in [3.63, 3.8) is 0 Å². The van der Waals surface area contributed by atoms with Gasteiger partial charge in [0.05, 0.1) is 38.8 Å². The molecule has 0 spiro atoms. The van der Waals surface area contributed by atoms with Gasteiger partial charge >= 0.3 is 6.36 Å². The summed E-state index contributed by atoms with van der Waals surface area (Å²) >= 11 is 1.43. The van der Waals surface area contributed by atoms with Crippen molar-refractivity contribution in [1.82, 2.24) is 20.0 Å². The molecule has 0 amide bonds. The van der Waals surface area contributed by atoms with Gasteiger partial charge in [0.2, 0.25) is 0 Å². The number of hydrogen-bond acceptors (Lipinski definition) is 8. The first-order valence-corrected chi connectivity index (χ1v) is 12.0. The van der Waals surface area contributed by atoms with E-state index >= 15 is 0 Å². The Labute approximate surface area is 214 Å². The topological polar surface area (TPSA) is 80.5 Å². The number of hydrogen-bond donors (Lipinski definition) is 0. The van der Waals surface area contributed by atoms with E-state index in [0.717, 1.165) is 21.8 Å². The number of methoxy groups -OCH3 is 1. The molecule has 0 fully saturated rings. The highest BCUT2D eigenvalue weighted by Crippen LogP contribution is 2.27. The van der Waals surface area contributed by atoms with Crippen LogP contribution in [0, 0.1) is 0 Å². The van der Waals surface area contributed by atoms with Gasteiger partial charge in [-0.1, -0.05) is 23.4 Å². The van der Waals surface area contributed by atoms with E-state index in [1.54, 1.807) is 42.4 Å². The summed E-state index contributed by atoms with van der Waals surface area (Å²) in [6.45, 7) is 1.75. The van der Waals surface area contributed by atoms with Crippen molar-refractivity contribution in [2.45, 2.75) is 26.1 Å². The van der Waals surface area contributed by atoms with Gasteiger partial charge in [-0.15, -0.1) is 29.6 Å². The van der Waals surface area contributed by atoms with Gasteiger partial charge in [-0.25, -0.2) is 4.98 Å². The summed E-state index contributed by atoms with van der Waals surface area (Å²) in [5, 5.41) is 10.3. The second-order valence-corrected chi connectivity index (χ2v) is 8.50. The minimum atomic E-state index is -4.71. The molecule has 194 valence electrons. The van der Waals surface area contributed by atoms with Gasteiger partial charge in [-0.3, -0.25) is 4.68 Å². The molecule has 2 aromatic heterocycles. The zero-order valence-electron chi connectivity index (χ0n) is 19.7. The minimum Gasteiger partial charge on any atom is -0.496 e. The largest absolute Gasteiger partial charge is 0.573 e. The van der Waals surface area contributed by atoms with Crippen LogP contribution in [0.4, 0.5) is 13.2 Å². The number of rotatable bonds is 12. The zero-order valence-corrected chi connectivity index (χ0v) is 20.5. The van der Waals surface area contributed by atoms with Crippen molar-refractivity contribution >= 4 is 23.5 Å². The molecule has 4 rings (SSSR count). The van der Waals surface area contributed by atoms with E-state index in [2.05, 4.69) is 20.0 Å². The van der Waals surface area contributed by atoms with Crippen molar-refractivity contribution < 1.29 is 32.1 Å². The lowest BCUT2D eigenvalue weighted by Gasteiger charge is -2.12. The summed E-state index contributed by atoms with van der Waals surface area (Å²) in [5.74, 6) is 1.03. The molecule has 4 aromatic rings. The van der Waals surface area contributed by atoms with E-state index in [4.69, 9.17) is 14.2 Å². The monoisotopic (exact) mass is 532 g/mol. The van der Waals surface area contributed by atoms with E-state index in [0.29, 0.717) is 31.3 Å². The smallest absolute Gasteiger partial charge is 0.496 e. The second kappa shape index (κ2) is 12.4. The SMILES string of the molecule is COc1cc(OCc2csc(C=Cc3ccc(OC(F)(F)F)cc3)n2)ccc1COCCn1ccnn1. The van der Waals surface area contributed by atoms with Crippen LogP contribution < -0.4 is 14.2 Å². The van der Waals surface area contributed by atoms with Gasteiger partial charge in [0.1, 0.15) is 28.9 Å². The summed E-state index contributed by atoms with van der Waals surface area (Å²) < 4.78 is 59.4. The molecule has 12 heteroatoms. The van der Waals surface area contributed by atoms with Crippen LogP contribution in [0.5, 0.6) is 17.2 Å². The predicted octanol–water partition coefficient (Wildman–Crippen LogP) is 5.61. The lowest BCUT2D eigenvalue weighted by Crippen LogP contribution is -2.16. The highest BCUT2D eigenvalue weighted by molar-refractivity contribution is 7.10. The molecule has 0 aliphatic rings. The first kappa shape index (κ1) is 26.2. The average Bonchev–Trinajstić information content (AvgIpc) is 3.56. The minimum absolute atomic E-state index is 0.265. The molecule has 0 aliphatic heterocycles. The van der Waals surface area contributed by atoms with Crippen LogP contribution in [0.25, 0.3) is 12.2 Å². The summed E-state index contributed by atoms with van der Waals surface area (Å²) in [5.41, 5.74) is 2.36. The fourth-order valence-corrected chi connectivity index (χ4v) is 3.89. The summed E-state index contributed by atoms with van der Waals surface area (Å²) in [7, 11) is 1.59. The average molecular weight is 533 g/mol. The molecule has 2 heterocycles. The molecule has 0 radical (unpaired) electrons. The quantitative estimate of drug-likeness (QED) is 0.220. The highest BCUT2D eigenvalue weighted by Gasteiger charge is 2.30. The molecule has 0 aliphatic carbocycles. The Balaban J connectivity index is 1.26. The van der Waals surface area contributed by atoms with E-state index in [1.807, 2.05) is 17.5 Å². The highest BCUT2D eigenvalue weighted by atomic mass is 32.1. The lowest BCUT2D eigenvalue weighted by molar-refractivity contribution is -0.274. The molecule has 2 aromatic carbocycles. The Kier molecular flexibility index (Phi) is 8.75. The fraction of sp³-hybridized carbons (Fsp3) is 0.240. The van der Waals surface area contributed by atoms with Crippen LogP contribution in [-0.4, -0.2) is 40.1 Å². The number of thiazole rings is 1. The number of nitrogens with zero attached hydrogens (tertiary/aromatic N) is 4. The fourth-order valence-electron chi connectivity index (χ4n) is 3.20. The Hall–Kier alpha value is -3.90. The van der Waals surface area contributed by atoms with E-state index in [9.17, 15) is 13.2 Å². The van der Waals surface area contributed by atoms with E-state index < -0.39 is 6.36 Å². The van der Waals surface area contributed by atoms with Crippen LogP contribution in [0.2, 0.25) is 0 Å². The molecule has 37 heavy (non-hydrogen) atoms. The van der Waals surface area contributed by atoms with Gasteiger partial charge in [0, 0.05) is 23.2 Å². The van der Waals surface area contributed by atoms with Gasteiger partial charge in [0.25, 0.3) is 0 Å². The van der Waals surface area contributed by atoms with Crippen LogP contribution in [0.15, 0.2) is 60.2 Å². The van der Waals surface area contributed by atoms with Crippen molar-refractivity contribution in [3.8, 4) is 17.2 Å². The predicted molar refractivity (Wildman–Crippen MR) is 131 cm³/mol. The van der Waals surface area contributed by atoms with Gasteiger partial charge < -0.3 is 18.9 Å². The third kappa shape index (κ3) is 8.33. The standard InChI is InChI=1S/C25H23F3N4O4S/c1-33-23-14-22(8-5-19(23)15-34-13-12-32-11-10-29-31-32)35-16-20-17-37-24(30-20)9-4-18-2-6-21(7-3-18)36-25(26,27)28/h2-11,14,17H,12-13,15-16H2,1H3. The molecule has 0 atom stereocenters. The van der Waals surface area contributed by atoms with Gasteiger partial charge in [-0.05, 0) is 35.9 Å². The molecular weight excluding hydrogens is 509 g/mol. The molecule has 0 bridgehead atoms. The number of alkyl halides is 3. The van der Waals surface area contributed by atoms with Crippen molar-refractivity contribution in [1.29, 1.82) is 0 Å². The molecule has 0 unspecified atom stereocenters. The van der Waals surface area contributed by atoms with Crippen molar-refractivity contribution in [2.75, 3.05) is 13.7 Å². The van der Waals surface area contributed by atoms with Gasteiger partial charge in [-0.2, -0.15) is 0 Å².